The van der Waals surface area contributed by atoms with E-state index in [0.717, 1.165) is 32.7 Å². The summed E-state index contributed by atoms with van der Waals surface area (Å²) in [6.07, 6.45) is 0. The standard InChI is InChI=1S/C13H27N3O2/c1-4-18-13(17)12(14)10-16-7-5-15(6-8-16)9-11(2)3/h11-12H,4-10,14H2,1-3H3. The highest BCUT2D eigenvalue weighted by atomic mass is 16.5. The fourth-order valence-electron chi connectivity index (χ4n) is 2.27. The first kappa shape index (κ1) is 15.4. The van der Waals surface area contributed by atoms with Gasteiger partial charge in [0.25, 0.3) is 0 Å². The van der Waals surface area contributed by atoms with Crippen molar-refractivity contribution in [3.8, 4) is 0 Å². The van der Waals surface area contributed by atoms with Crippen molar-refractivity contribution in [3.05, 3.63) is 0 Å². The first-order valence-corrected chi connectivity index (χ1v) is 6.89. The van der Waals surface area contributed by atoms with Gasteiger partial charge in [0, 0.05) is 39.3 Å². The quantitative estimate of drug-likeness (QED) is 0.686. The minimum Gasteiger partial charge on any atom is -0.465 e. The molecule has 1 aliphatic heterocycles. The van der Waals surface area contributed by atoms with E-state index in [-0.39, 0.29) is 5.97 Å². The van der Waals surface area contributed by atoms with Gasteiger partial charge in [-0.25, -0.2) is 0 Å². The third-order valence-electron chi connectivity index (χ3n) is 3.13. The van der Waals surface area contributed by atoms with E-state index in [9.17, 15) is 4.79 Å². The van der Waals surface area contributed by atoms with Crippen LogP contribution in [0.5, 0.6) is 0 Å². The molecule has 5 nitrogen and oxygen atoms in total. The van der Waals surface area contributed by atoms with Gasteiger partial charge in [-0.2, -0.15) is 0 Å². The summed E-state index contributed by atoms with van der Waals surface area (Å²) >= 11 is 0. The summed E-state index contributed by atoms with van der Waals surface area (Å²) < 4.78 is 4.92. The van der Waals surface area contributed by atoms with Crippen LogP contribution >= 0.6 is 0 Å². The summed E-state index contributed by atoms with van der Waals surface area (Å²) in [5.41, 5.74) is 5.82. The Labute approximate surface area is 110 Å². The molecule has 5 heteroatoms. The number of hydrogen-bond donors (Lipinski definition) is 1. The van der Waals surface area contributed by atoms with Crippen LogP contribution < -0.4 is 5.73 Å². The molecule has 0 aliphatic carbocycles. The molecule has 1 atom stereocenters. The van der Waals surface area contributed by atoms with Crippen molar-refractivity contribution < 1.29 is 9.53 Å². The molecule has 0 bridgehead atoms. The average Bonchev–Trinajstić information content (AvgIpc) is 2.31. The molecule has 0 amide bonds. The van der Waals surface area contributed by atoms with Crippen molar-refractivity contribution >= 4 is 5.97 Å². The monoisotopic (exact) mass is 257 g/mol. The van der Waals surface area contributed by atoms with Crippen molar-refractivity contribution in [2.24, 2.45) is 11.7 Å². The summed E-state index contributed by atoms with van der Waals surface area (Å²) in [5.74, 6) is 0.417. The van der Waals surface area contributed by atoms with Crippen molar-refractivity contribution in [2.45, 2.75) is 26.8 Å². The number of piperazine rings is 1. The largest absolute Gasteiger partial charge is 0.465 e. The smallest absolute Gasteiger partial charge is 0.324 e. The summed E-state index contributed by atoms with van der Waals surface area (Å²) in [4.78, 5) is 16.2. The van der Waals surface area contributed by atoms with Gasteiger partial charge in [0.05, 0.1) is 6.61 Å². The Morgan fingerprint density at radius 1 is 1.17 bits per heavy atom. The van der Waals surface area contributed by atoms with Crippen molar-refractivity contribution in [1.29, 1.82) is 0 Å². The molecule has 0 radical (unpaired) electrons. The van der Waals surface area contributed by atoms with E-state index < -0.39 is 6.04 Å². The minimum atomic E-state index is -0.512. The molecule has 0 aromatic carbocycles. The van der Waals surface area contributed by atoms with Gasteiger partial charge in [0.1, 0.15) is 6.04 Å². The SMILES string of the molecule is CCOC(=O)C(N)CN1CCN(CC(C)C)CC1. The van der Waals surface area contributed by atoms with Crippen LogP contribution in [0, 0.1) is 5.92 Å². The van der Waals surface area contributed by atoms with Gasteiger partial charge in [-0.3, -0.25) is 9.69 Å². The molecule has 1 aliphatic rings. The first-order valence-electron chi connectivity index (χ1n) is 6.89. The van der Waals surface area contributed by atoms with Gasteiger partial charge in [0.2, 0.25) is 0 Å². The lowest BCUT2D eigenvalue weighted by Gasteiger charge is -2.36. The number of hydrogen-bond acceptors (Lipinski definition) is 5. The Kier molecular flexibility index (Phi) is 6.60. The maximum Gasteiger partial charge on any atom is 0.324 e. The van der Waals surface area contributed by atoms with E-state index in [1.165, 1.54) is 0 Å². The second-order valence-electron chi connectivity index (χ2n) is 5.35. The van der Waals surface area contributed by atoms with Gasteiger partial charge in [-0.05, 0) is 12.8 Å². The maximum atomic E-state index is 11.4. The molecular weight excluding hydrogens is 230 g/mol. The number of ether oxygens (including phenoxy) is 1. The van der Waals surface area contributed by atoms with E-state index in [1.54, 1.807) is 6.92 Å². The lowest BCUT2D eigenvalue weighted by molar-refractivity contribution is -0.145. The third-order valence-corrected chi connectivity index (χ3v) is 3.13. The van der Waals surface area contributed by atoms with Crippen LogP contribution in [0.15, 0.2) is 0 Å². The van der Waals surface area contributed by atoms with Crippen molar-refractivity contribution in [3.63, 3.8) is 0 Å². The lowest BCUT2D eigenvalue weighted by atomic mass is 10.2. The minimum absolute atomic E-state index is 0.290. The van der Waals surface area contributed by atoms with Crippen LogP contribution in [0.2, 0.25) is 0 Å². The normalized spacial score (nSPS) is 20.1. The Morgan fingerprint density at radius 2 is 1.67 bits per heavy atom. The molecule has 0 aromatic rings. The summed E-state index contributed by atoms with van der Waals surface area (Å²) in [6.45, 7) is 12.5. The van der Waals surface area contributed by atoms with E-state index in [0.29, 0.717) is 19.1 Å². The maximum absolute atomic E-state index is 11.4. The highest BCUT2D eigenvalue weighted by Crippen LogP contribution is 2.05. The topological polar surface area (TPSA) is 58.8 Å². The molecule has 1 fully saturated rings. The lowest BCUT2D eigenvalue weighted by Crippen LogP contribution is -2.52. The molecule has 1 saturated heterocycles. The molecule has 0 spiro atoms. The molecule has 1 heterocycles. The van der Waals surface area contributed by atoms with E-state index in [4.69, 9.17) is 10.5 Å². The number of carbonyl (C=O) groups is 1. The van der Waals surface area contributed by atoms with Gasteiger partial charge >= 0.3 is 5.97 Å². The predicted octanol–water partition coefficient (Wildman–Crippen LogP) is 0.150. The molecule has 0 aromatic heterocycles. The second kappa shape index (κ2) is 7.71. The summed E-state index contributed by atoms with van der Waals surface area (Å²) in [6, 6.07) is -0.512. The molecule has 1 unspecified atom stereocenters. The fourth-order valence-corrected chi connectivity index (χ4v) is 2.27. The average molecular weight is 257 g/mol. The van der Waals surface area contributed by atoms with Crippen molar-refractivity contribution in [2.75, 3.05) is 45.9 Å². The summed E-state index contributed by atoms with van der Waals surface area (Å²) in [7, 11) is 0. The van der Waals surface area contributed by atoms with Crippen LogP contribution in [-0.2, 0) is 9.53 Å². The Hall–Kier alpha value is -0.650. The van der Waals surface area contributed by atoms with Crippen LogP contribution in [0.25, 0.3) is 0 Å². The van der Waals surface area contributed by atoms with Gasteiger partial charge in [0.15, 0.2) is 0 Å². The number of rotatable bonds is 6. The number of carbonyl (C=O) groups excluding carboxylic acids is 1. The van der Waals surface area contributed by atoms with Crippen LogP contribution in [0.4, 0.5) is 0 Å². The van der Waals surface area contributed by atoms with E-state index in [1.807, 2.05) is 0 Å². The Morgan fingerprint density at radius 3 is 2.11 bits per heavy atom. The molecule has 2 N–H and O–H groups in total. The predicted molar refractivity (Wildman–Crippen MR) is 72.3 cm³/mol. The Bertz CT molecular complexity index is 251. The highest BCUT2D eigenvalue weighted by molar-refractivity contribution is 5.75. The highest BCUT2D eigenvalue weighted by Gasteiger charge is 2.22. The number of nitrogens with zero attached hydrogens (tertiary/aromatic N) is 2. The van der Waals surface area contributed by atoms with Gasteiger partial charge in [-0.15, -0.1) is 0 Å². The molecular formula is C13H27N3O2. The second-order valence-corrected chi connectivity index (χ2v) is 5.35. The number of esters is 1. The fraction of sp³-hybridized carbons (Fsp3) is 0.923. The van der Waals surface area contributed by atoms with Crippen LogP contribution in [0.3, 0.4) is 0 Å². The zero-order valence-corrected chi connectivity index (χ0v) is 11.9. The van der Waals surface area contributed by atoms with Gasteiger partial charge < -0.3 is 15.4 Å². The molecule has 0 saturated carbocycles. The summed E-state index contributed by atoms with van der Waals surface area (Å²) in [5, 5.41) is 0. The Balaban J connectivity index is 2.24. The van der Waals surface area contributed by atoms with Crippen molar-refractivity contribution in [1.82, 2.24) is 9.80 Å². The molecule has 18 heavy (non-hydrogen) atoms. The third kappa shape index (κ3) is 5.33. The molecule has 106 valence electrons. The first-order chi connectivity index (χ1) is 8.52. The van der Waals surface area contributed by atoms with Crippen LogP contribution in [0.1, 0.15) is 20.8 Å². The zero-order valence-electron chi connectivity index (χ0n) is 11.9. The number of nitrogens with two attached hydrogens (primary N) is 1. The molecule has 1 rings (SSSR count). The van der Waals surface area contributed by atoms with Gasteiger partial charge in [-0.1, -0.05) is 13.8 Å². The van der Waals surface area contributed by atoms with Crippen LogP contribution in [-0.4, -0.2) is 67.7 Å². The van der Waals surface area contributed by atoms with E-state index in [2.05, 4.69) is 23.6 Å². The van der Waals surface area contributed by atoms with E-state index >= 15 is 0 Å². The zero-order chi connectivity index (χ0) is 13.5.